The maximum Gasteiger partial charge on any atom is 0.0440 e. The van der Waals surface area contributed by atoms with Crippen LogP contribution < -0.4 is 5.73 Å². The summed E-state index contributed by atoms with van der Waals surface area (Å²) in [5, 5.41) is 0. The van der Waals surface area contributed by atoms with Crippen LogP contribution in [0.1, 0.15) is 63.0 Å². The molecule has 1 heteroatoms. The molecule has 3 rings (SSSR count). The minimum atomic E-state index is -0.0484. The molecule has 1 aromatic rings. The lowest BCUT2D eigenvalue weighted by Crippen LogP contribution is -2.45. The zero-order chi connectivity index (χ0) is 13.3. The Kier molecular flexibility index (Phi) is 3.66. The monoisotopic (exact) mass is 257 g/mol. The second-order valence-corrected chi connectivity index (χ2v) is 6.86. The summed E-state index contributed by atoms with van der Waals surface area (Å²) in [6.45, 7) is 2.39. The Labute approximate surface area is 117 Å². The van der Waals surface area contributed by atoms with Crippen molar-refractivity contribution in [1.82, 2.24) is 0 Å². The van der Waals surface area contributed by atoms with Gasteiger partial charge in [-0.2, -0.15) is 0 Å². The summed E-state index contributed by atoms with van der Waals surface area (Å²) in [7, 11) is 0. The summed E-state index contributed by atoms with van der Waals surface area (Å²) in [6.07, 6.45) is 10.4. The second kappa shape index (κ2) is 5.28. The molecule has 0 saturated heterocycles. The summed E-state index contributed by atoms with van der Waals surface area (Å²) in [5.41, 5.74) is 9.92. The number of benzene rings is 1. The third-order valence-electron chi connectivity index (χ3n) is 5.55. The molecule has 0 spiro atoms. The van der Waals surface area contributed by atoms with E-state index in [9.17, 15) is 0 Å². The molecular weight excluding hydrogens is 230 g/mol. The van der Waals surface area contributed by atoms with E-state index in [4.69, 9.17) is 5.73 Å². The molecule has 1 atom stereocenters. The van der Waals surface area contributed by atoms with E-state index in [-0.39, 0.29) is 5.54 Å². The van der Waals surface area contributed by atoms with Gasteiger partial charge in [0, 0.05) is 5.54 Å². The summed E-state index contributed by atoms with van der Waals surface area (Å²) in [4.78, 5) is 0. The maximum absolute atomic E-state index is 6.99. The summed E-state index contributed by atoms with van der Waals surface area (Å²) in [5.74, 6) is 1.60. The van der Waals surface area contributed by atoms with Crippen LogP contribution in [0.15, 0.2) is 24.3 Å². The topological polar surface area (TPSA) is 26.0 Å². The highest BCUT2D eigenvalue weighted by Crippen LogP contribution is 2.44. The molecule has 2 N–H and O–H groups in total. The SMILES string of the molecule is CC1CCC(C2(N)CCCCc3ccccc32)CC1. The zero-order valence-corrected chi connectivity index (χ0v) is 12.2. The average Bonchev–Trinajstić information content (AvgIpc) is 2.61. The number of hydrogen-bond acceptors (Lipinski definition) is 1. The lowest BCUT2D eigenvalue weighted by Gasteiger charge is -2.42. The van der Waals surface area contributed by atoms with Crippen LogP contribution in [0, 0.1) is 11.8 Å². The van der Waals surface area contributed by atoms with Crippen LogP contribution in [0.2, 0.25) is 0 Å². The first-order valence-corrected chi connectivity index (χ1v) is 8.07. The number of hydrogen-bond donors (Lipinski definition) is 1. The van der Waals surface area contributed by atoms with Crippen LogP contribution in [0.5, 0.6) is 0 Å². The molecule has 1 fully saturated rings. The minimum absolute atomic E-state index is 0.0484. The minimum Gasteiger partial charge on any atom is -0.321 e. The highest BCUT2D eigenvalue weighted by molar-refractivity contribution is 5.35. The van der Waals surface area contributed by atoms with Crippen LogP contribution in [-0.4, -0.2) is 0 Å². The van der Waals surface area contributed by atoms with Crippen molar-refractivity contribution in [2.75, 3.05) is 0 Å². The van der Waals surface area contributed by atoms with Gasteiger partial charge in [-0.05, 0) is 55.1 Å². The average molecular weight is 257 g/mol. The Morgan fingerprint density at radius 3 is 2.58 bits per heavy atom. The van der Waals surface area contributed by atoms with E-state index in [0.29, 0.717) is 5.92 Å². The Morgan fingerprint density at radius 2 is 1.79 bits per heavy atom. The van der Waals surface area contributed by atoms with E-state index in [0.717, 1.165) is 5.92 Å². The number of fused-ring (bicyclic) bond motifs is 1. The lowest BCUT2D eigenvalue weighted by atomic mass is 9.67. The van der Waals surface area contributed by atoms with Crippen LogP contribution in [0.25, 0.3) is 0 Å². The molecule has 0 aliphatic heterocycles. The number of rotatable bonds is 1. The van der Waals surface area contributed by atoms with Gasteiger partial charge in [-0.1, -0.05) is 50.5 Å². The Morgan fingerprint density at radius 1 is 1.05 bits per heavy atom. The van der Waals surface area contributed by atoms with Gasteiger partial charge in [0.25, 0.3) is 0 Å². The Balaban J connectivity index is 1.93. The van der Waals surface area contributed by atoms with Crippen molar-refractivity contribution < 1.29 is 0 Å². The molecule has 1 aromatic carbocycles. The molecule has 2 aliphatic carbocycles. The van der Waals surface area contributed by atoms with Gasteiger partial charge in [0.15, 0.2) is 0 Å². The van der Waals surface area contributed by atoms with Gasteiger partial charge in [0.2, 0.25) is 0 Å². The second-order valence-electron chi connectivity index (χ2n) is 6.86. The molecule has 1 saturated carbocycles. The van der Waals surface area contributed by atoms with E-state index in [1.807, 2.05) is 0 Å². The Hall–Kier alpha value is -0.820. The predicted octanol–water partition coefficient (Wildman–Crippen LogP) is 4.39. The summed E-state index contributed by atoms with van der Waals surface area (Å²) >= 11 is 0. The van der Waals surface area contributed by atoms with Crippen molar-refractivity contribution in [3.8, 4) is 0 Å². The normalized spacial score (nSPS) is 35.5. The third-order valence-corrected chi connectivity index (χ3v) is 5.55. The molecule has 19 heavy (non-hydrogen) atoms. The van der Waals surface area contributed by atoms with Gasteiger partial charge < -0.3 is 5.73 Å². The predicted molar refractivity (Wildman–Crippen MR) is 81.0 cm³/mol. The van der Waals surface area contributed by atoms with Crippen LogP contribution in [-0.2, 0) is 12.0 Å². The first-order chi connectivity index (χ1) is 9.20. The maximum atomic E-state index is 6.99. The highest BCUT2D eigenvalue weighted by Gasteiger charge is 2.39. The summed E-state index contributed by atoms with van der Waals surface area (Å²) in [6, 6.07) is 8.96. The van der Waals surface area contributed by atoms with E-state index in [1.54, 1.807) is 0 Å². The van der Waals surface area contributed by atoms with Gasteiger partial charge in [0.1, 0.15) is 0 Å². The van der Waals surface area contributed by atoms with Crippen molar-refractivity contribution in [1.29, 1.82) is 0 Å². The zero-order valence-electron chi connectivity index (χ0n) is 12.2. The van der Waals surface area contributed by atoms with Crippen molar-refractivity contribution in [2.24, 2.45) is 17.6 Å². The van der Waals surface area contributed by atoms with Gasteiger partial charge in [-0.15, -0.1) is 0 Å². The molecule has 0 bridgehead atoms. The van der Waals surface area contributed by atoms with E-state index >= 15 is 0 Å². The van der Waals surface area contributed by atoms with Crippen LogP contribution in [0.4, 0.5) is 0 Å². The smallest absolute Gasteiger partial charge is 0.0440 e. The molecule has 1 nitrogen and oxygen atoms in total. The fraction of sp³-hybridized carbons (Fsp3) is 0.667. The highest BCUT2D eigenvalue weighted by atomic mass is 14.8. The molecular formula is C18H27N. The molecule has 0 heterocycles. The van der Waals surface area contributed by atoms with Gasteiger partial charge >= 0.3 is 0 Å². The van der Waals surface area contributed by atoms with Crippen molar-refractivity contribution in [2.45, 2.75) is 63.8 Å². The van der Waals surface area contributed by atoms with Crippen LogP contribution in [0.3, 0.4) is 0 Å². The fourth-order valence-corrected chi connectivity index (χ4v) is 4.26. The van der Waals surface area contributed by atoms with E-state index in [1.165, 1.54) is 62.5 Å². The van der Waals surface area contributed by atoms with Crippen molar-refractivity contribution >= 4 is 0 Å². The largest absolute Gasteiger partial charge is 0.321 e. The van der Waals surface area contributed by atoms with Crippen LogP contribution >= 0.6 is 0 Å². The van der Waals surface area contributed by atoms with E-state index in [2.05, 4.69) is 31.2 Å². The fourth-order valence-electron chi connectivity index (χ4n) is 4.26. The first kappa shape index (κ1) is 13.2. The third kappa shape index (κ3) is 2.45. The number of nitrogens with two attached hydrogens (primary N) is 1. The molecule has 0 aromatic heterocycles. The first-order valence-electron chi connectivity index (χ1n) is 8.07. The molecule has 0 amide bonds. The molecule has 2 aliphatic rings. The molecule has 0 radical (unpaired) electrons. The number of aryl methyl sites for hydroxylation is 1. The molecule has 104 valence electrons. The molecule has 1 unspecified atom stereocenters. The quantitative estimate of drug-likeness (QED) is 0.742. The van der Waals surface area contributed by atoms with Gasteiger partial charge in [-0.3, -0.25) is 0 Å². The van der Waals surface area contributed by atoms with Crippen molar-refractivity contribution in [3.05, 3.63) is 35.4 Å². The summed E-state index contributed by atoms with van der Waals surface area (Å²) < 4.78 is 0. The van der Waals surface area contributed by atoms with Crippen molar-refractivity contribution in [3.63, 3.8) is 0 Å². The standard InChI is InChI=1S/C18H27N/c1-14-9-11-16(12-10-14)18(19)13-5-4-7-15-6-2-3-8-17(15)18/h2-3,6,8,14,16H,4-5,7,9-13,19H2,1H3. The lowest BCUT2D eigenvalue weighted by molar-refractivity contribution is 0.167. The van der Waals surface area contributed by atoms with E-state index < -0.39 is 0 Å². The Bertz CT molecular complexity index is 431. The van der Waals surface area contributed by atoms with Gasteiger partial charge in [0.05, 0.1) is 0 Å². The van der Waals surface area contributed by atoms with Gasteiger partial charge in [-0.25, -0.2) is 0 Å².